The predicted octanol–water partition coefficient (Wildman–Crippen LogP) is 11.9. The lowest BCUT2D eigenvalue weighted by molar-refractivity contribution is -0.142. The van der Waals surface area contributed by atoms with Gasteiger partial charge in [0.25, 0.3) is 25.8 Å². The number of allylic oxidation sites excluding steroid dienone is 1. The molecule has 20 nitrogen and oxygen atoms in total. The van der Waals surface area contributed by atoms with Gasteiger partial charge in [0.05, 0.1) is 22.7 Å². The average Bonchev–Trinajstić information content (AvgIpc) is 1.68. The van der Waals surface area contributed by atoms with Gasteiger partial charge in [-0.15, -0.1) is 18.2 Å². The van der Waals surface area contributed by atoms with Gasteiger partial charge in [0.1, 0.15) is 17.0 Å². The number of urea groups is 1. The zero-order chi connectivity index (χ0) is 76.8. The molecule has 0 bridgehead atoms. The number of aliphatic hydroxyl groups is 1. The molecule has 0 unspecified atom stereocenters. The Labute approximate surface area is 637 Å². The van der Waals surface area contributed by atoms with Crippen LogP contribution in [0.25, 0.3) is 5.57 Å². The van der Waals surface area contributed by atoms with Gasteiger partial charge >= 0.3 is 11.5 Å². The molecule has 4 heterocycles. The van der Waals surface area contributed by atoms with Crippen molar-refractivity contribution in [3.8, 4) is 12.3 Å². The number of sulfone groups is 1. The van der Waals surface area contributed by atoms with Gasteiger partial charge in [0, 0.05) is 136 Å². The summed E-state index contributed by atoms with van der Waals surface area (Å²) in [5.41, 5.74) is -0.590. The number of likely N-dealkylation sites (tertiary alicyclic amines) is 2. The third-order valence-corrected chi connectivity index (χ3v) is 26.7. The summed E-state index contributed by atoms with van der Waals surface area (Å²) in [7, 11) is -11.1. The van der Waals surface area contributed by atoms with E-state index < -0.39 is 94.3 Å². The number of piperidine rings is 1. The summed E-state index contributed by atoms with van der Waals surface area (Å²) in [6, 6.07) is 29.9. The summed E-state index contributed by atoms with van der Waals surface area (Å²) in [6.07, 6.45) is 12.5. The quantitative estimate of drug-likeness (QED) is 0.0320. The van der Waals surface area contributed by atoms with Crippen LogP contribution in [0.5, 0.6) is 0 Å². The lowest BCUT2D eigenvalue weighted by Crippen LogP contribution is -2.60. The highest BCUT2D eigenvalue weighted by Gasteiger charge is 2.50. The van der Waals surface area contributed by atoms with E-state index in [0.29, 0.717) is 94.8 Å². The minimum absolute atomic E-state index is 0.0364. The first kappa shape index (κ1) is 80.4. The molecule has 1 saturated carbocycles. The molecule has 0 aromatic heterocycles. The number of carbonyl (C=O) groups is 5. The van der Waals surface area contributed by atoms with Gasteiger partial charge in [-0.1, -0.05) is 100 Å². The van der Waals surface area contributed by atoms with E-state index in [0.717, 1.165) is 92.9 Å². The number of amides is 6. The van der Waals surface area contributed by atoms with Crippen LogP contribution in [0.3, 0.4) is 0 Å². The van der Waals surface area contributed by atoms with Gasteiger partial charge < -0.3 is 40.7 Å². The molecule has 5 aromatic carbocycles. The summed E-state index contributed by atoms with van der Waals surface area (Å²) in [5.74, 6) is 0.836. The van der Waals surface area contributed by atoms with Crippen LogP contribution in [-0.4, -0.2) is 197 Å². The molecule has 27 heteroatoms. The second-order valence-corrected chi connectivity index (χ2v) is 36.7. The van der Waals surface area contributed by atoms with Gasteiger partial charge in [-0.05, 0) is 183 Å². The number of sulfonamides is 1. The third kappa shape index (κ3) is 19.9. The van der Waals surface area contributed by atoms with Crippen molar-refractivity contribution in [2.75, 3.05) is 101 Å². The SMILES string of the molecule is C#Cc1ccc([C@H](C)NC(=O)[C@@H]2C[C@@H](O)CN2C(=O)[C@@H](NC(=O)N2CCC3(CCC(C(=O)N4CCN(CC[C@H](CSc5ccccc5)Nc5ccc(S(=O)(=O)NC(=O)c6ccc(N7CCN(CC8=C(c9ccc(Cl)cc9)CCC(C)(C)C8)CC7)cc6)cc5S(=O)(=O)C(F)(F)F)CC4)CC3)CC2)C(C)(C)C)cc1. The minimum atomic E-state index is -6.18. The van der Waals surface area contributed by atoms with E-state index in [9.17, 15) is 59.1 Å². The Hall–Kier alpha value is -7.64. The van der Waals surface area contributed by atoms with Gasteiger partial charge in [-0.25, -0.2) is 26.4 Å². The number of β-amino-alcohol motifs (C(OH)–C–C–N with tert-alkyl or cyclic N) is 1. The number of nitrogens with zero attached hydrogens (tertiary/aromatic N) is 6. The maximum absolute atomic E-state index is 14.7. The topological polar surface area (TPSA) is 241 Å². The molecule has 2 aliphatic carbocycles. The smallest absolute Gasteiger partial charge is 0.391 e. The highest BCUT2D eigenvalue weighted by Crippen LogP contribution is 2.48. The monoisotopic (exact) mass is 1550 g/mol. The number of hydrogen-bond acceptors (Lipinski definition) is 15. The van der Waals surface area contributed by atoms with Gasteiger partial charge in [0.15, 0.2) is 0 Å². The van der Waals surface area contributed by atoms with Crippen molar-refractivity contribution in [3.63, 3.8) is 0 Å². The Bertz CT molecular complexity index is 4320. The number of carbonyl (C=O) groups excluding carboxylic acids is 5. The first-order chi connectivity index (χ1) is 50.7. The zero-order valence-electron chi connectivity index (χ0n) is 61.8. The van der Waals surface area contributed by atoms with E-state index in [1.165, 1.54) is 45.5 Å². The molecule has 1 spiro atoms. The van der Waals surface area contributed by atoms with E-state index in [1.54, 1.807) is 29.2 Å². The van der Waals surface area contributed by atoms with Crippen molar-refractivity contribution in [1.29, 1.82) is 0 Å². The van der Waals surface area contributed by atoms with Crippen LogP contribution >= 0.6 is 23.4 Å². The molecule has 4 aliphatic heterocycles. The maximum Gasteiger partial charge on any atom is 0.501 e. The van der Waals surface area contributed by atoms with Crippen molar-refractivity contribution in [3.05, 3.63) is 154 Å². The summed E-state index contributed by atoms with van der Waals surface area (Å²) in [4.78, 5) is 80.6. The summed E-state index contributed by atoms with van der Waals surface area (Å²) >= 11 is 7.64. The number of aliphatic hydroxyl groups excluding tert-OH is 1. The average molecular weight is 1550 g/mol. The van der Waals surface area contributed by atoms with Crippen molar-refractivity contribution < 1.29 is 59.1 Å². The fraction of sp³-hybridized carbons (Fsp3) is 0.512. The molecule has 5 atom stereocenters. The second-order valence-electron chi connectivity index (χ2n) is 31.6. The lowest BCUT2D eigenvalue weighted by Gasteiger charge is -2.47. The van der Waals surface area contributed by atoms with Gasteiger partial charge in [-0.3, -0.25) is 29.0 Å². The van der Waals surface area contributed by atoms with E-state index in [1.807, 2.05) is 91.9 Å². The fourth-order valence-electron chi connectivity index (χ4n) is 15.9. The zero-order valence-corrected chi connectivity index (χ0v) is 65.0. The maximum atomic E-state index is 14.7. The molecule has 107 heavy (non-hydrogen) atoms. The molecule has 576 valence electrons. The number of hydrogen-bond donors (Lipinski definition) is 5. The number of anilines is 2. The van der Waals surface area contributed by atoms with Crippen molar-refractivity contribution in [2.45, 2.75) is 163 Å². The molecule has 11 rings (SSSR count). The van der Waals surface area contributed by atoms with Crippen LogP contribution in [-0.2, 0) is 34.2 Å². The molecule has 6 amide bonds. The number of nitrogens with one attached hydrogen (secondary N) is 4. The predicted molar refractivity (Wildman–Crippen MR) is 412 cm³/mol. The summed E-state index contributed by atoms with van der Waals surface area (Å²) in [5, 5.41) is 20.5. The number of terminal acetylenes is 1. The number of thioether (sulfide) groups is 1. The van der Waals surface area contributed by atoms with E-state index in [4.69, 9.17) is 18.0 Å². The molecule has 0 radical (unpaired) electrons. The molecule has 5 N–H and O–H groups in total. The molecular weight excluding hydrogens is 1450 g/mol. The van der Waals surface area contributed by atoms with Crippen LogP contribution in [0.1, 0.15) is 145 Å². The van der Waals surface area contributed by atoms with E-state index in [-0.39, 0.29) is 53.0 Å². The fourth-order valence-corrected chi connectivity index (χ4v) is 19.0. The Kier molecular flexibility index (Phi) is 25.3. The van der Waals surface area contributed by atoms with Crippen molar-refractivity contribution in [2.24, 2.45) is 22.2 Å². The van der Waals surface area contributed by atoms with Crippen LogP contribution in [0.2, 0.25) is 5.02 Å². The van der Waals surface area contributed by atoms with Crippen LogP contribution < -0.4 is 25.6 Å². The third-order valence-electron chi connectivity index (χ3n) is 22.4. The van der Waals surface area contributed by atoms with Crippen molar-refractivity contribution in [1.82, 2.24) is 39.9 Å². The lowest BCUT2D eigenvalue weighted by atomic mass is 9.65. The number of piperazine rings is 2. The Morgan fingerprint density at radius 3 is 2.03 bits per heavy atom. The molecule has 5 fully saturated rings. The first-order valence-corrected chi connectivity index (χ1v) is 41.4. The number of alkyl halides is 3. The molecule has 5 aromatic rings. The van der Waals surface area contributed by atoms with E-state index >= 15 is 0 Å². The van der Waals surface area contributed by atoms with Crippen LogP contribution in [0.4, 0.5) is 29.3 Å². The molecule has 6 aliphatic rings. The first-order valence-electron chi connectivity index (χ1n) is 37.1. The highest BCUT2D eigenvalue weighted by molar-refractivity contribution is 7.99. The molecular formula is C80H100ClF3N10O10S3. The normalized spacial score (nSPS) is 20.8. The summed E-state index contributed by atoms with van der Waals surface area (Å²) < 4.78 is 101. The van der Waals surface area contributed by atoms with Gasteiger partial charge in [-0.2, -0.15) is 13.2 Å². The van der Waals surface area contributed by atoms with Crippen LogP contribution in [0.15, 0.2) is 142 Å². The summed E-state index contributed by atoms with van der Waals surface area (Å²) in [6.45, 7) is 19.0. The highest BCUT2D eigenvalue weighted by atomic mass is 35.5. The van der Waals surface area contributed by atoms with Crippen molar-refractivity contribution >= 4 is 89.8 Å². The van der Waals surface area contributed by atoms with Gasteiger partial charge in [0.2, 0.25) is 17.7 Å². The van der Waals surface area contributed by atoms with E-state index in [2.05, 4.69) is 62.6 Å². The largest absolute Gasteiger partial charge is 0.501 e. The van der Waals surface area contributed by atoms with Crippen LogP contribution in [0, 0.1) is 34.5 Å². The number of halogens is 4. The second kappa shape index (κ2) is 33.7. The standard InChI is InChI=1S/C80H100ClF3N10O10S3/c1-8-55-14-16-56(17-15-55)54(2)85-73(97)69-48-64(95)52-94(69)75(99)71(77(3,4)5)87-76(100)93-38-35-79(36-39-93)33-28-59(29-34-79)74(98)92-46-40-89(41-47-92)37-31-62(53-105-65-12-10-9-11-13-65)86-68-27-26-66(49-70(68)106(101,102)80(82,83)84)107(103,104)88-72(96)58-20-24-63(25-21-58)91-44-42-90(43-45-91)51-60-50-78(6,7)32-30-67(60)57-18-22-61(81)23-19-57/h1,9-27,49,54,59,62,64,69,71,86,95H,28-48,50-53H2,2-7H3,(H,85,97)(H,87,100)(H,88,96)/t54-,62+,64+,69-,71+/m0/s1. The number of benzene rings is 5. The molecule has 4 saturated heterocycles. The Balaban J connectivity index is 0.659. The Morgan fingerprint density at radius 1 is 0.757 bits per heavy atom. The minimum Gasteiger partial charge on any atom is -0.391 e. The number of rotatable bonds is 22. The Morgan fingerprint density at radius 2 is 1.40 bits per heavy atom.